The lowest BCUT2D eigenvalue weighted by Crippen LogP contribution is -2.31. The van der Waals surface area contributed by atoms with Crippen LogP contribution in [-0.4, -0.2) is 41.5 Å². The first-order chi connectivity index (χ1) is 12.8. The molecule has 27 heavy (non-hydrogen) atoms. The molecule has 1 aliphatic rings. The fraction of sp³-hybridized carbons (Fsp3) is 0.474. The number of hydrogen-bond acceptors (Lipinski definition) is 4. The first-order valence-electron chi connectivity index (χ1n) is 9.18. The number of benzene rings is 1. The molecule has 0 spiro atoms. The monoisotopic (exact) mass is 390 g/mol. The van der Waals surface area contributed by atoms with Crippen molar-refractivity contribution in [1.82, 2.24) is 19.4 Å². The fourth-order valence-corrected chi connectivity index (χ4v) is 4.86. The van der Waals surface area contributed by atoms with E-state index < -0.39 is 16.1 Å². The lowest BCUT2D eigenvalue weighted by molar-refractivity contribution is -0.124. The standard InChI is InChI=1S/C19H26N4O3S/c1-14-12-15(2)23(21-14)16(3)19(24)20-13-17-6-8-18(9-7-17)27(25,26)22-10-4-5-11-22/h6-9,12,16H,4-5,10-11,13H2,1-3H3,(H,20,24)/t16-/m0/s1. The molecule has 1 aliphatic heterocycles. The van der Waals surface area contributed by atoms with Gasteiger partial charge in [0.1, 0.15) is 6.04 Å². The Balaban J connectivity index is 1.61. The van der Waals surface area contributed by atoms with E-state index in [2.05, 4.69) is 10.4 Å². The molecule has 7 nitrogen and oxygen atoms in total. The normalized spacial score (nSPS) is 16.4. The topological polar surface area (TPSA) is 84.3 Å². The number of nitrogens with one attached hydrogen (secondary N) is 1. The van der Waals surface area contributed by atoms with Crippen molar-refractivity contribution in [2.45, 2.75) is 51.1 Å². The van der Waals surface area contributed by atoms with E-state index in [1.807, 2.05) is 19.9 Å². The van der Waals surface area contributed by atoms with E-state index >= 15 is 0 Å². The van der Waals surface area contributed by atoms with Gasteiger partial charge in [0, 0.05) is 25.3 Å². The smallest absolute Gasteiger partial charge is 0.244 e. The zero-order valence-corrected chi connectivity index (χ0v) is 16.8. The first kappa shape index (κ1) is 19.6. The van der Waals surface area contributed by atoms with Crippen LogP contribution in [0.25, 0.3) is 0 Å². The quantitative estimate of drug-likeness (QED) is 0.819. The number of aromatic nitrogens is 2. The van der Waals surface area contributed by atoms with Crippen LogP contribution in [0.3, 0.4) is 0 Å². The molecule has 0 bridgehead atoms. The molecular formula is C19H26N4O3S. The molecule has 8 heteroatoms. The van der Waals surface area contributed by atoms with E-state index in [1.165, 1.54) is 4.31 Å². The van der Waals surface area contributed by atoms with Crippen LogP contribution in [-0.2, 0) is 21.4 Å². The second-order valence-corrected chi connectivity index (χ2v) is 8.96. The Morgan fingerprint density at radius 3 is 2.37 bits per heavy atom. The van der Waals surface area contributed by atoms with E-state index in [-0.39, 0.29) is 5.91 Å². The van der Waals surface area contributed by atoms with Crippen LogP contribution in [0.5, 0.6) is 0 Å². The molecule has 0 radical (unpaired) electrons. The van der Waals surface area contributed by atoms with E-state index in [9.17, 15) is 13.2 Å². The van der Waals surface area contributed by atoms with Gasteiger partial charge in [0.2, 0.25) is 15.9 Å². The summed E-state index contributed by atoms with van der Waals surface area (Å²) in [6.45, 7) is 7.14. The molecule has 1 saturated heterocycles. The van der Waals surface area contributed by atoms with Crippen molar-refractivity contribution in [2.75, 3.05) is 13.1 Å². The van der Waals surface area contributed by atoms with Gasteiger partial charge in [-0.25, -0.2) is 8.42 Å². The van der Waals surface area contributed by atoms with Crippen LogP contribution < -0.4 is 5.32 Å². The first-order valence-corrected chi connectivity index (χ1v) is 10.6. The Morgan fingerprint density at radius 2 is 1.81 bits per heavy atom. The third-order valence-corrected chi connectivity index (χ3v) is 6.80. The average Bonchev–Trinajstić information content (AvgIpc) is 3.29. The summed E-state index contributed by atoms with van der Waals surface area (Å²) in [4.78, 5) is 12.7. The molecule has 1 fully saturated rings. The maximum atomic E-state index is 12.5. The van der Waals surface area contributed by atoms with Crippen LogP contribution in [0.2, 0.25) is 0 Å². The van der Waals surface area contributed by atoms with Crippen molar-refractivity contribution < 1.29 is 13.2 Å². The number of nitrogens with zero attached hydrogens (tertiary/aromatic N) is 3. The maximum Gasteiger partial charge on any atom is 0.244 e. The highest BCUT2D eigenvalue weighted by Gasteiger charge is 2.27. The van der Waals surface area contributed by atoms with Gasteiger partial charge in [-0.2, -0.15) is 9.40 Å². The van der Waals surface area contributed by atoms with Crippen molar-refractivity contribution in [3.8, 4) is 0 Å². The van der Waals surface area contributed by atoms with Crippen LogP contribution in [0.4, 0.5) is 0 Å². The van der Waals surface area contributed by atoms with Crippen molar-refractivity contribution >= 4 is 15.9 Å². The summed E-state index contributed by atoms with van der Waals surface area (Å²) in [6.07, 6.45) is 1.83. The summed E-state index contributed by atoms with van der Waals surface area (Å²) in [7, 11) is -3.40. The minimum Gasteiger partial charge on any atom is -0.350 e. The average molecular weight is 391 g/mol. The summed E-state index contributed by atoms with van der Waals surface area (Å²) in [6, 6.07) is 8.24. The van der Waals surface area contributed by atoms with Gasteiger partial charge >= 0.3 is 0 Å². The molecule has 1 aromatic heterocycles. The van der Waals surface area contributed by atoms with Crippen LogP contribution >= 0.6 is 0 Å². The van der Waals surface area contributed by atoms with Gasteiger partial charge in [-0.15, -0.1) is 0 Å². The van der Waals surface area contributed by atoms with Gasteiger partial charge in [0.25, 0.3) is 0 Å². The largest absolute Gasteiger partial charge is 0.350 e. The molecule has 1 amide bonds. The van der Waals surface area contributed by atoms with Gasteiger partial charge in [-0.3, -0.25) is 9.48 Å². The Morgan fingerprint density at radius 1 is 1.19 bits per heavy atom. The highest BCUT2D eigenvalue weighted by atomic mass is 32.2. The maximum absolute atomic E-state index is 12.5. The SMILES string of the molecule is Cc1cc(C)n([C@@H](C)C(=O)NCc2ccc(S(=O)(=O)N3CCCC3)cc2)n1. The Labute approximate surface area is 160 Å². The van der Waals surface area contributed by atoms with E-state index in [0.717, 1.165) is 29.8 Å². The molecule has 0 unspecified atom stereocenters. The van der Waals surface area contributed by atoms with Crippen LogP contribution in [0.1, 0.15) is 42.8 Å². The second-order valence-electron chi connectivity index (χ2n) is 7.02. The van der Waals surface area contributed by atoms with Gasteiger partial charge < -0.3 is 5.32 Å². The summed E-state index contributed by atoms with van der Waals surface area (Å²) < 4.78 is 28.3. The molecule has 146 valence electrons. The van der Waals surface area contributed by atoms with Gasteiger partial charge in [0.05, 0.1) is 10.6 Å². The molecule has 2 heterocycles. The zero-order valence-electron chi connectivity index (χ0n) is 16.0. The van der Waals surface area contributed by atoms with Gasteiger partial charge in [0.15, 0.2) is 0 Å². The molecular weight excluding hydrogens is 364 g/mol. The number of carbonyl (C=O) groups excluding carboxylic acids is 1. The molecule has 1 aromatic carbocycles. The van der Waals surface area contributed by atoms with Gasteiger partial charge in [-0.1, -0.05) is 12.1 Å². The van der Waals surface area contributed by atoms with Crippen molar-refractivity contribution in [1.29, 1.82) is 0 Å². The van der Waals surface area contributed by atoms with Crippen LogP contribution in [0.15, 0.2) is 35.2 Å². The van der Waals surface area contributed by atoms with Crippen molar-refractivity contribution in [3.63, 3.8) is 0 Å². The van der Waals surface area contributed by atoms with Gasteiger partial charge in [-0.05, 0) is 57.4 Å². The minimum atomic E-state index is -3.40. The molecule has 3 rings (SSSR count). The Kier molecular flexibility index (Phi) is 5.67. The summed E-state index contributed by atoms with van der Waals surface area (Å²) >= 11 is 0. The van der Waals surface area contributed by atoms with E-state index in [0.29, 0.717) is 24.5 Å². The third-order valence-electron chi connectivity index (χ3n) is 4.88. The second kappa shape index (κ2) is 7.82. The van der Waals surface area contributed by atoms with E-state index in [4.69, 9.17) is 0 Å². The predicted molar refractivity (Wildman–Crippen MR) is 103 cm³/mol. The lowest BCUT2D eigenvalue weighted by atomic mass is 10.2. The lowest BCUT2D eigenvalue weighted by Gasteiger charge is -2.16. The van der Waals surface area contributed by atoms with Crippen LogP contribution in [0, 0.1) is 13.8 Å². The minimum absolute atomic E-state index is 0.130. The summed E-state index contributed by atoms with van der Waals surface area (Å²) in [5.74, 6) is -0.130. The number of carbonyl (C=O) groups is 1. The highest BCUT2D eigenvalue weighted by Crippen LogP contribution is 2.21. The fourth-order valence-electron chi connectivity index (χ4n) is 3.34. The summed E-state index contributed by atoms with van der Waals surface area (Å²) in [5, 5.41) is 7.23. The predicted octanol–water partition coefficient (Wildman–Crippen LogP) is 2.16. The molecule has 1 atom stereocenters. The zero-order chi connectivity index (χ0) is 19.6. The number of aryl methyl sites for hydroxylation is 2. The van der Waals surface area contributed by atoms with Crippen molar-refractivity contribution in [2.24, 2.45) is 0 Å². The molecule has 2 aromatic rings. The third kappa shape index (κ3) is 4.22. The number of hydrogen-bond donors (Lipinski definition) is 1. The summed E-state index contributed by atoms with van der Waals surface area (Å²) in [5.41, 5.74) is 2.66. The number of sulfonamides is 1. The molecule has 1 N–H and O–H groups in total. The number of rotatable bonds is 6. The Bertz CT molecular complexity index is 913. The Hall–Kier alpha value is -2.19. The highest BCUT2D eigenvalue weighted by molar-refractivity contribution is 7.89. The number of amides is 1. The molecule has 0 aliphatic carbocycles. The van der Waals surface area contributed by atoms with Crippen molar-refractivity contribution in [3.05, 3.63) is 47.3 Å². The molecule has 0 saturated carbocycles. The van der Waals surface area contributed by atoms with E-state index in [1.54, 1.807) is 35.9 Å².